The van der Waals surface area contributed by atoms with E-state index in [9.17, 15) is 0 Å². The molecule has 0 unspecified atom stereocenters. The maximum Gasteiger partial charge on any atom is 0.226 e. The summed E-state index contributed by atoms with van der Waals surface area (Å²) in [4.78, 5) is 4.42. The van der Waals surface area contributed by atoms with Gasteiger partial charge < -0.3 is 4.42 Å². The first-order valence-electron chi connectivity index (χ1n) is 10.4. The van der Waals surface area contributed by atoms with E-state index in [1.165, 1.54) is 38.2 Å². The molecule has 2 nitrogen and oxygen atoms in total. The minimum Gasteiger partial charge on any atom is -0.445 e. The zero-order chi connectivity index (χ0) is 20.6. The molecule has 2 heteroatoms. The zero-order valence-electron chi connectivity index (χ0n) is 16.8. The van der Waals surface area contributed by atoms with Gasteiger partial charge in [-0.3, -0.25) is 0 Å². The van der Waals surface area contributed by atoms with Gasteiger partial charge in [0.05, 0.1) is 6.20 Å². The van der Waals surface area contributed by atoms with E-state index >= 15 is 0 Å². The van der Waals surface area contributed by atoms with E-state index in [0.717, 1.165) is 11.1 Å². The first-order valence-corrected chi connectivity index (χ1v) is 10.4. The van der Waals surface area contributed by atoms with Crippen LogP contribution in [0.15, 0.2) is 120 Å². The van der Waals surface area contributed by atoms with Gasteiger partial charge in [-0.2, -0.15) is 0 Å². The summed E-state index contributed by atoms with van der Waals surface area (Å²) in [5.74, 6) is 0.634. The van der Waals surface area contributed by atoms with Crippen molar-refractivity contribution in [2.24, 2.45) is 0 Å². The lowest BCUT2D eigenvalue weighted by Gasteiger charge is -2.14. The first-order chi connectivity index (χ1) is 15.4. The van der Waals surface area contributed by atoms with Crippen molar-refractivity contribution in [2.45, 2.75) is 0 Å². The Morgan fingerprint density at radius 1 is 0.516 bits per heavy atom. The lowest BCUT2D eigenvalue weighted by Crippen LogP contribution is -1.89. The number of hydrogen-bond donors (Lipinski definition) is 0. The Morgan fingerprint density at radius 3 is 2.00 bits per heavy atom. The van der Waals surface area contributed by atoms with Gasteiger partial charge in [-0.15, -0.1) is 0 Å². The summed E-state index contributed by atoms with van der Waals surface area (Å²) in [6, 6.07) is 36.5. The Bertz CT molecular complexity index is 1520. The molecule has 0 saturated carbocycles. The lowest BCUT2D eigenvalue weighted by molar-refractivity contribution is 0.575. The van der Waals surface area contributed by atoms with Crippen molar-refractivity contribution in [1.29, 1.82) is 0 Å². The van der Waals surface area contributed by atoms with E-state index in [1.807, 2.05) is 6.07 Å². The minimum absolute atomic E-state index is 0.634. The van der Waals surface area contributed by atoms with Gasteiger partial charge in [0.15, 0.2) is 0 Å². The third-order valence-electron chi connectivity index (χ3n) is 5.81. The van der Waals surface area contributed by atoms with Crippen LogP contribution in [0.3, 0.4) is 0 Å². The van der Waals surface area contributed by atoms with Gasteiger partial charge in [0.1, 0.15) is 6.26 Å². The molecule has 0 aliphatic rings. The molecule has 146 valence electrons. The van der Waals surface area contributed by atoms with Gasteiger partial charge in [-0.1, -0.05) is 72.8 Å². The lowest BCUT2D eigenvalue weighted by atomic mass is 9.89. The molecule has 0 aliphatic heterocycles. The average Bonchev–Trinajstić information content (AvgIpc) is 3.37. The molecule has 0 N–H and O–H groups in total. The van der Waals surface area contributed by atoms with Gasteiger partial charge in [0.2, 0.25) is 5.89 Å². The Labute approximate surface area is 180 Å². The van der Waals surface area contributed by atoms with Crippen LogP contribution in [-0.4, -0.2) is 4.98 Å². The van der Waals surface area contributed by atoms with E-state index < -0.39 is 0 Å². The highest BCUT2D eigenvalue weighted by Crippen LogP contribution is 2.40. The fourth-order valence-corrected chi connectivity index (χ4v) is 4.33. The Balaban J connectivity index is 1.71. The summed E-state index contributed by atoms with van der Waals surface area (Å²) in [5.41, 5.74) is 5.68. The summed E-state index contributed by atoms with van der Waals surface area (Å²) in [6.45, 7) is 0. The van der Waals surface area contributed by atoms with Gasteiger partial charge in [0.25, 0.3) is 0 Å². The molecule has 0 atom stereocenters. The van der Waals surface area contributed by atoms with E-state index in [2.05, 4.69) is 102 Å². The topological polar surface area (TPSA) is 26.0 Å². The molecular formula is C29H19NO. The summed E-state index contributed by atoms with van der Waals surface area (Å²) < 4.78 is 5.67. The highest BCUT2D eigenvalue weighted by atomic mass is 16.3. The molecule has 5 aromatic carbocycles. The van der Waals surface area contributed by atoms with Crippen molar-refractivity contribution in [1.82, 2.24) is 4.98 Å². The van der Waals surface area contributed by atoms with E-state index in [-0.39, 0.29) is 0 Å². The largest absolute Gasteiger partial charge is 0.445 e. The van der Waals surface area contributed by atoms with Crippen LogP contribution >= 0.6 is 0 Å². The zero-order valence-corrected chi connectivity index (χ0v) is 16.8. The van der Waals surface area contributed by atoms with Crippen molar-refractivity contribution < 1.29 is 4.42 Å². The number of aromatic nitrogens is 1. The van der Waals surface area contributed by atoms with E-state index in [4.69, 9.17) is 4.42 Å². The number of rotatable bonds is 3. The van der Waals surface area contributed by atoms with Crippen LogP contribution in [-0.2, 0) is 0 Å². The standard InChI is InChI=1S/C29H19NO/c1-2-8-20(9-3-1)23-17-24-16-21-10-4-5-11-22(21)18-27(24)28(19-23)25-12-6-7-13-26(25)29-30-14-15-31-29/h1-19H. The maximum atomic E-state index is 5.67. The molecule has 0 spiro atoms. The molecule has 0 aliphatic carbocycles. The predicted molar refractivity (Wildman–Crippen MR) is 128 cm³/mol. The number of fused-ring (bicyclic) bond motifs is 2. The van der Waals surface area contributed by atoms with Crippen molar-refractivity contribution in [3.05, 3.63) is 116 Å². The number of oxazole rings is 1. The Kier molecular flexibility index (Phi) is 4.14. The molecule has 6 rings (SSSR count). The Morgan fingerprint density at radius 2 is 1.23 bits per heavy atom. The summed E-state index contributed by atoms with van der Waals surface area (Å²) in [6.07, 6.45) is 3.32. The minimum atomic E-state index is 0.634. The van der Waals surface area contributed by atoms with Gasteiger partial charge >= 0.3 is 0 Å². The van der Waals surface area contributed by atoms with Crippen molar-refractivity contribution in [2.75, 3.05) is 0 Å². The molecule has 0 saturated heterocycles. The van der Waals surface area contributed by atoms with Gasteiger partial charge in [-0.25, -0.2) is 4.98 Å². The molecule has 1 heterocycles. The summed E-state index contributed by atoms with van der Waals surface area (Å²) in [5, 5.41) is 4.92. The molecule has 6 aromatic rings. The monoisotopic (exact) mass is 397 g/mol. The van der Waals surface area contributed by atoms with Gasteiger partial charge in [-0.05, 0) is 74.1 Å². The first kappa shape index (κ1) is 17.7. The highest BCUT2D eigenvalue weighted by Gasteiger charge is 2.15. The second kappa shape index (κ2) is 7.26. The third-order valence-corrected chi connectivity index (χ3v) is 5.81. The van der Waals surface area contributed by atoms with Crippen molar-refractivity contribution in [3.63, 3.8) is 0 Å². The van der Waals surface area contributed by atoms with Crippen molar-refractivity contribution >= 4 is 21.5 Å². The molecule has 31 heavy (non-hydrogen) atoms. The molecule has 0 fully saturated rings. The normalized spacial score (nSPS) is 11.2. The summed E-state index contributed by atoms with van der Waals surface area (Å²) in [7, 11) is 0. The molecule has 1 aromatic heterocycles. The Hall–Kier alpha value is -4.17. The van der Waals surface area contributed by atoms with E-state index in [1.54, 1.807) is 12.5 Å². The smallest absolute Gasteiger partial charge is 0.226 e. The highest BCUT2D eigenvalue weighted by molar-refractivity contribution is 6.08. The van der Waals surface area contributed by atoms with Crippen LogP contribution < -0.4 is 0 Å². The van der Waals surface area contributed by atoms with Crippen LogP contribution in [0.5, 0.6) is 0 Å². The van der Waals surface area contributed by atoms with Crippen LogP contribution in [0.25, 0.3) is 55.3 Å². The van der Waals surface area contributed by atoms with Crippen LogP contribution in [0, 0.1) is 0 Å². The maximum absolute atomic E-state index is 5.67. The molecule has 0 bridgehead atoms. The van der Waals surface area contributed by atoms with Crippen LogP contribution in [0.2, 0.25) is 0 Å². The molecule has 0 amide bonds. The molecule has 0 radical (unpaired) electrons. The quantitative estimate of drug-likeness (QED) is 0.283. The van der Waals surface area contributed by atoms with Crippen molar-refractivity contribution in [3.8, 4) is 33.7 Å². The van der Waals surface area contributed by atoms with Crippen LogP contribution in [0.4, 0.5) is 0 Å². The van der Waals surface area contributed by atoms with Crippen LogP contribution in [0.1, 0.15) is 0 Å². The summed E-state index contributed by atoms with van der Waals surface area (Å²) >= 11 is 0. The third kappa shape index (κ3) is 3.10. The number of hydrogen-bond acceptors (Lipinski definition) is 2. The fraction of sp³-hybridized carbons (Fsp3) is 0. The second-order valence-corrected chi connectivity index (χ2v) is 7.69. The SMILES string of the molecule is c1ccc(-c2cc(-c3ccccc3-c3ncco3)c3cc4ccccc4cc3c2)cc1. The number of benzene rings is 5. The fourth-order valence-electron chi connectivity index (χ4n) is 4.33. The van der Waals surface area contributed by atoms with E-state index in [0.29, 0.717) is 5.89 Å². The number of nitrogens with zero attached hydrogens (tertiary/aromatic N) is 1. The predicted octanol–water partition coefficient (Wildman–Crippen LogP) is 7.98. The van der Waals surface area contributed by atoms with Gasteiger partial charge in [0, 0.05) is 5.56 Å². The second-order valence-electron chi connectivity index (χ2n) is 7.69. The molecular weight excluding hydrogens is 378 g/mol. The average molecular weight is 397 g/mol.